The lowest BCUT2D eigenvalue weighted by atomic mass is 10.1. The van der Waals surface area contributed by atoms with Gasteiger partial charge in [-0.3, -0.25) is 4.79 Å². The fourth-order valence-electron chi connectivity index (χ4n) is 3.73. The Morgan fingerprint density at radius 1 is 0.939 bits per heavy atom. The number of rotatable bonds is 18. The first-order valence-corrected chi connectivity index (χ1v) is 15.0. The third kappa shape index (κ3) is 11.5. The molecular formula is C27H42N2O2S2. The Balaban J connectivity index is 1.51. The molecule has 0 aliphatic rings. The van der Waals surface area contributed by atoms with Gasteiger partial charge in [-0.15, -0.1) is 23.5 Å². The van der Waals surface area contributed by atoms with Crippen LogP contribution < -0.4 is 5.32 Å². The zero-order valence-corrected chi connectivity index (χ0v) is 22.4. The highest BCUT2D eigenvalue weighted by atomic mass is 32.2. The number of benzene rings is 1. The van der Waals surface area contributed by atoms with Crippen LogP contribution in [0.1, 0.15) is 89.0 Å². The summed E-state index contributed by atoms with van der Waals surface area (Å²) in [5.74, 6) is 2.73. The molecule has 0 saturated heterocycles. The number of aryl methyl sites for hydroxylation is 1. The van der Waals surface area contributed by atoms with Gasteiger partial charge in [0.15, 0.2) is 0 Å². The van der Waals surface area contributed by atoms with E-state index in [0.717, 1.165) is 30.0 Å². The number of thioether (sulfide) groups is 2. The van der Waals surface area contributed by atoms with Crippen LogP contribution in [-0.4, -0.2) is 29.4 Å². The van der Waals surface area contributed by atoms with E-state index in [9.17, 15) is 4.79 Å². The van der Waals surface area contributed by atoms with Crippen molar-refractivity contribution < 1.29 is 9.21 Å². The smallest absolute Gasteiger partial charge is 0.230 e. The molecule has 0 aliphatic carbocycles. The molecule has 1 heterocycles. The molecule has 184 valence electrons. The van der Waals surface area contributed by atoms with Gasteiger partial charge in [-0.05, 0) is 43.9 Å². The highest BCUT2D eigenvalue weighted by molar-refractivity contribution is 7.99. The highest BCUT2D eigenvalue weighted by Crippen LogP contribution is 2.26. The quantitative estimate of drug-likeness (QED) is 0.169. The van der Waals surface area contributed by atoms with Crippen molar-refractivity contribution in [3.63, 3.8) is 0 Å². The number of carbonyl (C=O) groups excluding carboxylic acids is 1. The van der Waals surface area contributed by atoms with Gasteiger partial charge in [0.1, 0.15) is 5.76 Å². The van der Waals surface area contributed by atoms with E-state index in [4.69, 9.17) is 4.42 Å². The minimum Gasteiger partial charge on any atom is -0.441 e. The van der Waals surface area contributed by atoms with Gasteiger partial charge in [-0.2, -0.15) is 0 Å². The molecule has 1 amide bonds. The van der Waals surface area contributed by atoms with Crippen LogP contribution in [0.2, 0.25) is 0 Å². The SMILES string of the molecule is CCCCCCCCCCCCCNC(=O)CSCc1nc(-c2ccc(SC)cc2)oc1C. The van der Waals surface area contributed by atoms with Crippen molar-refractivity contribution in [2.45, 2.75) is 95.1 Å². The minimum absolute atomic E-state index is 0.112. The Kier molecular flexibility index (Phi) is 14.4. The average Bonchev–Trinajstić information content (AvgIpc) is 3.20. The molecule has 2 aromatic rings. The predicted octanol–water partition coefficient (Wildman–Crippen LogP) is 8.03. The molecular weight excluding hydrogens is 448 g/mol. The summed E-state index contributed by atoms with van der Waals surface area (Å²) in [6.45, 7) is 4.99. The maximum absolute atomic E-state index is 12.1. The fraction of sp³-hybridized carbons (Fsp3) is 0.630. The highest BCUT2D eigenvalue weighted by Gasteiger charge is 2.12. The van der Waals surface area contributed by atoms with Crippen LogP contribution in [0.3, 0.4) is 0 Å². The number of hydrogen-bond acceptors (Lipinski definition) is 5. The number of oxazole rings is 1. The lowest BCUT2D eigenvalue weighted by Gasteiger charge is -2.05. The topological polar surface area (TPSA) is 55.1 Å². The lowest BCUT2D eigenvalue weighted by molar-refractivity contribution is -0.118. The summed E-state index contributed by atoms with van der Waals surface area (Å²) >= 11 is 3.31. The van der Waals surface area contributed by atoms with E-state index < -0.39 is 0 Å². The molecule has 6 heteroatoms. The molecule has 33 heavy (non-hydrogen) atoms. The molecule has 1 aromatic carbocycles. The average molecular weight is 491 g/mol. The number of hydrogen-bond donors (Lipinski definition) is 1. The van der Waals surface area contributed by atoms with Crippen molar-refractivity contribution in [3.05, 3.63) is 35.7 Å². The Labute approximate surface area is 209 Å². The predicted molar refractivity (Wildman–Crippen MR) is 144 cm³/mol. The molecule has 0 fully saturated rings. The zero-order chi connectivity index (χ0) is 23.7. The molecule has 0 unspecified atom stereocenters. The summed E-state index contributed by atoms with van der Waals surface area (Å²) in [4.78, 5) is 18.0. The Hall–Kier alpha value is -1.40. The molecule has 0 spiro atoms. The van der Waals surface area contributed by atoms with Gasteiger partial charge in [-0.1, -0.05) is 71.1 Å². The second-order valence-corrected chi connectivity index (χ2v) is 10.5. The van der Waals surface area contributed by atoms with Crippen LogP contribution in [0.4, 0.5) is 0 Å². The van der Waals surface area contributed by atoms with Crippen molar-refractivity contribution in [2.75, 3.05) is 18.6 Å². The zero-order valence-electron chi connectivity index (χ0n) is 20.8. The summed E-state index contributed by atoms with van der Waals surface area (Å²) in [5, 5.41) is 3.05. The van der Waals surface area contributed by atoms with Gasteiger partial charge >= 0.3 is 0 Å². The minimum atomic E-state index is 0.112. The van der Waals surface area contributed by atoms with E-state index in [1.165, 1.54) is 69.1 Å². The maximum Gasteiger partial charge on any atom is 0.230 e. The van der Waals surface area contributed by atoms with Gasteiger partial charge in [0, 0.05) is 22.8 Å². The molecule has 0 bridgehead atoms. The summed E-state index contributed by atoms with van der Waals surface area (Å²) < 4.78 is 5.85. The van der Waals surface area contributed by atoms with Crippen LogP contribution in [0.15, 0.2) is 33.6 Å². The van der Waals surface area contributed by atoms with E-state index in [1.807, 2.05) is 19.1 Å². The largest absolute Gasteiger partial charge is 0.441 e. The monoisotopic (exact) mass is 490 g/mol. The Morgan fingerprint density at radius 3 is 2.15 bits per heavy atom. The summed E-state index contributed by atoms with van der Waals surface area (Å²) in [6, 6.07) is 8.23. The summed E-state index contributed by atoms with van der Waals surface area (Å²) in [6.07, 6.45) is 16.6. The first-order valence-electron chi connectivity index (χ1n) is 12.6. The number of unbranched alkanes of at least 4 members (excludes halogenated alkanes) is 10. The summed E-state index contributed by atoms with van der Waals surface area (Å²) in [5.41, 5.74) is 1.90. The van der Waals surface area contributed by atoms with Gasteiger partial charge in [0.05, 0.1) is 11.4 Å². The van der Waals surface area contributed by atoms with Crippen LogP contribution in [-0.2, 0) is 10.5 Å². The number of carbonyl (C=O) groups is 1. The number of aromatic nitrogens is 1. The van der Waals surface area contributed by atoms with E-state index in [0.29, 0.717) is 17.4 Å². The Morgan fingerprint density at radius 2 is 1.55 bits per heavy atom. The van der Waals surface area contributed by atoms with E-state index in [-0.39, 0.29) is 5.91 Å². The number of nitrogens with one attached hydrogen (secondary N) is 1. The molecule has 0 saturated carbocycles. The van der Waals surface area contributed by atoms with Crippen LogP contribution in [0, 0.1) is 6.92 Å². The first-order chi connectivity index (χ1) is 16.1. The molecule has 1 aromatic heterocycles. The van der Waals surface area contributed by atoms with Crippen LogP contribution in [0.5, 0.6) is 0 Å². The first kappa shape index (κ1) is 27.8. The normalized spacial score (nSPS) is 11.1. The van der Waals surface area contributed by atoms with Crippen molar-refractivity contribution in [1.82, 2.24) is 10.3 Å². The van der Waals surface area contributed by atoms with Crippen LogP contribution >= 0.6 is 23.5 Å². The fourth-order valence-corrected chi connectivity index (χ4v) is 4.99. The summed E-state index contributed by atoms with van der Waals surface area (Å²) in [7, 11) is 0. The maximum atomic E-state index is 12.1. The van der Waals surface area contributed by atoms with E-state index >= 15 is 0 Å². The molecule has 0 atom stereocenters. The van der Waals surface area contributed by atoms with Gasteiger partial charge in [-0.25, -0.2) is 4.98 Å². The van der Waals surface area contributed by atoms with Gasteiger partial charge < -0.3 is 9.73 Å². The second-order valence-electron chi connectivity index (χ2n) is 8.63. The third-order valence-electron chi connectivity index (χ3n) is 5.80. The van der Waals surface area contributed by atoms with Gasteiger partial charge in [0.2, 0.25) is 11.8 Å². The molecule has 0 radical (unpaired) electrons. The molecule has 4 nitrogen and oxygen atoms in total. The van der Waals surface area contributed by atoms with Crippen LogP contribution in [0.25, 0.3) is 11.5 Å². The standard InChI is InChI=1S/C27H42N2O2S2/c1-4-5-6-7-8-9-10-11-12-13-14-19-28-26(30)21-33-20-25-22(2)31-27(29-25)23-15-17-24(32-3)18-16-23/h15-18H,4-14,19-21H2,1-3H3,(H,28,30). The number of nitrogens with zero attached hydrogens (tertiary/aromatic N) is 1. The van der Waals surface area contributed by atoms with Crippen molar-refractivity contribution in [3.8, 4) is 11.5 Å². The van der Waals surface area contributed by atoms with E-state index in [2.05, 4.69) is 35.6 Å². The lowest BCUT2D eigenvalue weighted by Crippen LogP contribution is -2.26. The third-order valence-corrected chi connectivity index (χ3v) is 7.49. The molecule has 2 rings (SSSR count). The van der Waals surface area contributed by atoms with Crippen molar-refractivity contribution >= 4 is 29.4 Å². The van der Waals surface area contributed by atoms with Crippen molar-refractivity contribution in [2.24, 2.45) is 0 Å². The molecule has 0 aliphatic heterocycles. The van der Waals surface area contributed by atoms with E-state index in [1.54, 1.807) is 23.5 Å². The Bertz CT molecular complexity index is 790. The van der Waals surface area contributed by atoms with Gasteiger partial charge in [0.25, 0.3) is 0 Å². The second kappa shape index (κ2) is 17.1. The molecule has 1 N–H and O–H groups in total. The van der Waals surface area contributed by atoms with Crippen molar-refractivity contribution in [1.29, 1.82) is 0 Å². The number of amides is 1.